The molecule has 1 fully saturated rings. The van der Waals surface area contributed by atoms with E-state index in [1.807, 2.05) is 0 Å². The molecule has 142 valence electrons. The van der Waals surface area contributed by atoms with Crippen molar-refractivity contribution in [1.29, 1.82) is 0 Å². The fraction of sp³-hybridized carbons (Fsp3) is 0.526. The Kier molecular flexibility index (Phi) is 6.23. The number of carbonyl (C=O) groups excluding carboxylic acids is 3. The van der Waals surface area contributed by atoms with Crippen molar-refractivity contribution in [2.75, 3.05) is 30.5 Å². The molecule has 2 amide bonds. The Hall–Kier alpha value is -2.57. The smallest absolute Gasteiger partial charge is 0.311 e. The normalized spacial score (nSPS) is 14.8. The van der Waals surface area contributed by atoms with Crippen LogP contribution in [0.5, 0.6) is 5.75 Å². The molecule has 1 N–H and O–H groups in total. The third-order valence-electron chi connectivity index (χ3n) is 4.02. The second-order valence-corrected chi connectivity index (χ2v) is 7.26. The summed E-state index contributed by atoms with van der Waals surface area (Å²) in [5, 5.41) is 2.68. The largest absolute Gasteiger partial charge is 0.495 e. The number of piperidine rings is 1. The molecule has 1 heterocycles. The van der Waals surface area contributed by atoms with Crippen LogP contribution < -0.4 is 15.0 Å². The van der Waals surface area contributed by atoms with Gasteiger partial charge in [-0.25, -0.2) is 0 Å². The Morgan fingerprint density at radius 3 is 2.58 bits per heavy atom. The Morgan fingerprint density at radius 2 is 1.96 bits per heavy atom. The third kappa shape index (κ3) is 4.97. The van der Waals surface area contributed by atoms with Gasteiger partial charge in [-0.1, -0.05) is 0 Å². The molecule has 26 heavy (non-hydrogen) atoms. The van der Waals surface area contributed by atoms with Crippen LogP contribution in [0.1, 0.15) is 40.0 Å². The van der Waals surface area contributed by atoms with Gasteiger partial charge in [0.05, 0.1) is 18.2 Å². The zero-order valence-corrected chi connectivity index (χ0v) is 15.8. The maximum atomic E-state index is 12.2. The van der Waals surface area contributed by atoms with Crippen LogP contribution in [0, 0.1) is 5.41 Å². The fourth-order valence-electron chi connectivity index (χ4n) is 2.58. The molecule has 0 spiro atoms. The van der Waals surface area contributed by atoms with Crippen molar-refractivity contribution in [1.82, 2.24) is 0 Å². The van der Waals surface area contributed by atoms with Gasteiger partial charge in [-0.15, -0.1) is 0 Å². The van der Waals surface area contributed by atoms with Crippen LogP contribution >= 0.6 is 0 Å². The predicted octanol–water partition coefficient (Wildman–Crippen LogP) is 2.74. The number of benzene rings is 1. The molecule has 0 aromatic heterocycles. The van der Waals surface area contributed by atoms with Crippen molar-refractivity contribution in [3.8, 4) is 5.75 Å². The van der Waals surface area contributed by atoms with E-state index >= 15 is 0 Å². The number of carbonyl (C=O) groups is 3. The molecule has 2 rings (SSSR count). The molecule has 0 bridgehead atoms. The van der Waals surface area contributed by atoms with Crippen molar-refractivity contribution in [2.45, 2.75) is 40.0 Å². The van der Waals surface area contributed by atoms with Gasteiger partial charge in [0.1, 0.15) is 5.75 Å². The fourth-order valence-corrected chi connectivity index (χ4v) is 2.58. The predicted molar refractivity (Wildman–Crippen MR) is 98.2 cm³/mol. The van der Waals surface area contributed by atoms with Gasteiger partial charge < -0.3 is 19.7 Å². The number of amides is 2. The molecule has 1 aromatic rings. The molecular weight excluding hydrogens is 336 g/mol. The van der Waals surface area contributed by atoms with Crippen molar-refractivity contribution in [3.05, 3.63) is 18.2 Å². The summed E-state index contributed by atoms with van der Waals surface area (Å²) in [6.45, 7) is 5.42. The average molecular weight is 362 g/mol. The third-order valence-corrected chi connectivity index (χ3v) is 4.02. The summed E-state index contributed by atoms with van der Waals surface area (Å²) in [4.78, 5) is 37.7. The highest BCUT2D eigenvalue weighted by Gasteiger charge is 2.25. The standard InChI is InChI=1S/C19H26N2O5/c1-19(2,3)18(24)26-12-16(22)20-13-8-9-15(25-4)14(11-13)21-10-6-5-7-17(21)23/h8-9,11H,5-7,10,12H2,1-4H3,(H,20,22). The van der Waals surface area contributed by atoms with Crippen molar-refractivity contribution < 1.29 is 23.9 Å². The number of esters is 1. The minimum Gasteiger partial charge on any atom is -0.495 e. The Bertz CT molecular complexity index is 694. The minimum absolute atomic E-state index is 0.0390. The Labute approximate surface area is 153 Å². The zero-order valence-electron chi connectivity index (χ0n) is 15.8. The quantitative estimate of drug-likeness (QED) is 0.814. The highest BCUT2D eigenvalue weighted by atomic mass is 16.5. The van der Waals surface area contributed by atoms with Crippen LogP contribution in [0.2, 0.25) is 0 Å². The molecule has 1 aliphatic heterocycles. The number of methoxy groups -OCH3 is 1. The minimum atomic E-state index is -0.664. The van der Waals surface area contributed by atoms with Gasteiger partial charge >= 0.3 is 5.97 Å². The van der Waals surface area contributed by atoms with Gasteiger partial charge in [0.25, 0.3) is 5.91 Å². The summed E-state index contributed by atoms with van der Waals surface area (Å²) in [6, 6.07) is 5.08. The van der Waals surface area contributed by atoms with E-state index in [1.54, 1.807) is 43.9 Å². The monoisotopic (exact) mass is 362 g/mol. The Morgan fingerprint density at radius 1 is 1.23 bits per heavy atom. The highest BCUT2D eigenvalue weighted by Crippen LogP contribution is 2.33. The molecule has 0 saturated carbocycles. The number of nitrogens with zero attached hydrogens (tertiary/aromatic N) is 1. The van der Waals surface area contributed by atoms with E-state index < -0.39 is 17.3 Å². The van der Waals surface area contributed by atoms with Gasteiger partial charge in [0, 0.05) is 18.7 Å². The van der Waals surface area contributed by atoms with Crippen molar-refractivity contribution in [2.24, 2.45) is 5.41 Å². The first-order chi connectivity index (χ1) is 12.2. The number of hydrogen-bond acceptors (Lipinski definition) is 5. The number of anilines is 2. The van der Waals surface area contributed by atoms with Gasteiger partial charge in [0.15, 0.2) is 6.61 Å². The summed E-state index contributed by atoms with van der Waals surface area (Å²) in [6.07, 6.45) is 2.31. The van der Waals surface area contributed by atoms with Crippen molar-refractivity contribution in [3.63, 3.8) is 0 Å². The van der Waals surface area contributed by atoms with E-state index in [1.165, 1.54) is 7.11 Å². The van der Waals surface area contributed by atoms with Gasteiger partial charge in [-0.2, -0.15) is 0 Å². The maximum Gasteiger partial charge on any atom is 0.311 e. The van der Waals surface area contributed by atoms with Crippen LogP contribution in [0.3, 0.4) is 0 Å². The molecule has 0 unspecified atom stereocenters. The second kappa shape index (κ2) is 8.21. The number of ether oxygens (including phenoxy) is 2. The second-order valence-electron chi connectivity index (χ2n) is 7.26. The summed E-state index contributed by atoms with van der Waals surface area (Å²) < 4.78 is 10.4. The van der Waals surface area contributed by atoms with E-state index in [9.17, 15) is 14.4 Å². The Balaban J connectivity index is 2.08. The average Bonchev–Trinajstić information content (AvgIpc) is 2.59. The van der Waals surface area contributed by atoms with Crippen molar-refractivity contribution >= 4 is 29.2 Å². The molecule has 7 heteroatoms. The van der Waals surface area contributed by atoms with Gasteiger partial charge in [-0.05, 0) is 51.8 Å². The number of rotatable bonds is 5. The molecular formula is C19H26N2O5. The lowest BCUT2D eigenvalue weighted by molar-refractivity contribution is -0.155. The van der Waals surface area contributed by atoms with Gasteiger partial charge in [-0.3, -0.25) is 14.4 Å². The highest BCUT2D eigenvalue weighted by molar-refractivity contribution is 5.98. The van der Waals surface area contributed by atoms with Gasteiger partial charge in [0.2, 0.25) is 5.91 Å². The molecule has 1 saturated heterocycles. The first kappa shape index (κ1) is 19.8. The molecule has 0 aliphatic carbocycles. The summed E-state index contributed by atoms with van der Waals surface area (Å²) in [7, 11) is 1.54. The lowest BCUT2D eigenvalue weighted by Gasteiger charge is -2.28. The first-order valence-corrected chi connectivity index (χ1v) is 8.68. The summed E-state index contributed by atoms with van der Waals surface area (Å²) >= 11 is 0. The molecule has 0 atom stereocenters. The lowest BCUT2D eigenvalue weighted by Crippen LogP contribution is -2.35. The molecule has 1 aliphatic rings. The molecule has 0 radical (unpaired) electrons. The van der Waals surface area contributed by atoms with E-state index in [4.69, 9.17) is 9.47 Å². The molecule has 1 aromatic carbocycles. The van der Waals surface area contributed by atoms with E-state index in [-0.39, 0.29) is 12.5 Å². The van der Waals surface area contributed by atoms with Crippen LogP contribution in [0.15, 0.2) is 18.2 Å². The topological polar surface area (TPSA) is 84.9 Å². The SMILES string of the molecule is COc1ccc(NC(=O)COC(=O)C(C)(C)C)cc1N1CCCCC1=O. The van der Waals surface area contributed by atoms with Crippen LogP contribution in [0.25, 0.3) is 0 Å². The molecule has 7 nitrogen and oxygen atoms in total. The van der Waals surface area contributed by atoms with E-state index in [0.717, 1.165) is 12.8 Å². The van der Waals surface area contributed by atoms with E-state index in [2.05, 4.69) is 5.32 Å². The number of hydrogen-bond donors (Lipinski definition) is 1. The number of nitrogens with one attached hydrogen (secondary N) is 1. The summed E-state index contributed by atoms with van der Waals surface area (Å²) in [5.41, 5.74) is 0.472. The lowest BCUT2D eigenvalue weighted by atomic mass is 9.97. The van der Waals surface area contributed by atoms with Crippen LogP contribution in [-0.2, 0) is 19.1 Å². The van der Waals surface area contributed by atoms with Crippen LogP contribution in [0.4, 0.5) is 11.4 Å². The van der Waals surface area contributed by atoms with E-state index in [0.29, 0.717) is 30.1 Å². The summed E-state index contributed by atoms with van der Waals surface area (Å²) in [5.74, 6) is -0.278. The maximum absolute atomic E-state index is 12.2. The zero-order chi connectivity index (χ0) is 19.3. The van der Waals surface area contributed by atoms with Crippen LogP contribution in [-0.4, -0.2) is 38.0 Å². The first-order valence-electron chi connectivity index (χ1n) is 8.68.